The number of carbonyl (C=O) groups is 3. The first kappa shape index (κ1) is 26.9. The van der Waals surface area contributed by atoms with Crippen molar-refractivity contribution in [1.29, 1.82) is 0 Å². The number of esters is 1. The van der Waals surface area contributed by atoms with Gasteiger partial charge in [0.15, 0.2) is 0 Å². The lowest BCUT2D eigenvalue weighted by atomic mass is 9.77. The summed E-state index contributed by atoms with van der Waals surface area (Å²) in [5.41, 5.74) is -1.82. The largest absolute Gasteiger partial charge is 0.465 e. The first-order chi connectivity index (χ1) is 16.8. The number of fused-ring (bicyclic) bond motifs is 2. The number of nitrogens with zero attached hydrogens (tertiary/aromatic N) is 2. The molecular formula is C28H42N2O6. The molecule has 4 aliphatic heterocycles. The maximum Gasteiger partial charge on any atom is 0.312 e. The second kappa shape index (κ2) is 9.60. The number of allylic oxidation sites excluding steroid dienone is 1. The van der Waals surface area contributed by atoms with E-state index in [0.29, 0.717) is 13.2 Å². The van der Waals surface area contributed by atoms with Crippen molar-refractivity contribution in [2.24, 2.45) is 17.3 Å². The third-order valence-electron chi connectivity index (χ3n) is 7.97. The molecule has 200 valence electrons. The van der Waals surface area contributed by atoms with Gasteiger partial charge in [0.1, 0.15) is 17.6 Å². The molecule has 4 aliphatic rings. The van der Waals surface area contributed by atoms with Crippen molar-refractivity contribution in [2.45, 2.75) is 96.6 Å². The van der Waals surface area contributed by atoms with Gasteiger partial charge in [0.25, 0.3) is 0 Å². The summed E-state index contributed by atoms with van der Waals surface area (Å²) in [6.45, 7) is 12.6. The zero-order chi connectivity index (χ0) is 26.5. The number of cyclic esters (lactones) is 1. The number of aliphatic hydroxyl groups is 1. The van der Waals surface area contributed by atoms with Gasteiger partial charge in [0.2, 0.25) is 11.8 Å². The SMILES string of the molecule is C[C@H](CO)N1C(=O)[C@@H]2[C@H]3C(=O)OCCCC/C=C\[C@H]3O[C@@]23C=CCN(C(C)(C)CC(C)(C)C)C(=O)C13. The molecule has 2 fully saturated rings. The minimum absolute atomic E-state index is 0.0233. The summed E-state index contributed by atoms with van der Waals surface area (Å²) in [6, 6.07) is -1.59. The average molecular weight is 503 g/mol. The van der Waals surface area contributed by atoms with E-state index in [2.05, 4.69) is 20.8 Å². The van der Waals surface area contributed by atoms with Crippen molar-refractivity contribution in [1.82, 2.24) is 9.80 Å². The predicted molar refractivity (Wildman–Crippen MR) is 135 cm³/mol. The molecule has 0 saturated carbocycles. The lowest BCUT2D eigenvalue weighted by molar-refractivity contribution is -0.157. The van der Waals surface area contributed by atoms with Crippen LogP contribution in [0.5, 0.6) is 0 Å². The van der Waals surface area contributed by atoms with E-state index in [1.807, 2.05) is 43.1 Å². The second-order valence-electron chi connectivity index (χ2n) is 12.6. The molecule has 8 nitrogen and oxygen atoms in total. The van der Waals surface area contributed by atoms with Crippen LogP contribution in [0.2, 0.25) is 0 Å². The highest BCUT2D eigenvalue weighted by molar-refractivity contribution is 5.99. The molecule has 1 N–H and O–H groups in total. The third kappa shape index (κ3) is 4.51. The van der Waals surface area contributed by atoms with Gasteiger partial charge >= 0.3 is 5.97 Å². The Balaban J connectivity index is 1.82. The Morgan fingerprint density at radius 3 is 2.50 bits per heavy atom. The first-order valence-corrected chi connectivity index (χ1v) is 13.3. The van der Waals surface area contributed by atoms with E-state index in [9.17, 15) is 19.5 Å². The fourth-order valence-electron chi connectivity index (χ4n) is 6.86. The van der Waals surface area contributed by atoms with Gasteiger partial charge in [-0.25, -0.2) is 0 Å². The summed E-state index contributed by atoms with van der Waals surface area (Å²) >= 11 is 0. The molecule has 2 saturated heterocycles. The Morgan fingerprint density at radius 2 is 1.83 bits per heavy atom. The van der Waals surface area contributed by atoms with Crippen molar-refractivity contribution in [3.05, 3.63) is 24.3 Å². The molecule has 4 heterocycles. The van der Waals surface area contributed by atoms with Crippen LogP contribution in [0.25, 0.3) is 0 Å². The summed E-state index contributed by atoms with van der Waals surface area (Å²) in [4.78, 5) is 45.0. The number of hydrogen-bond acceptors (Lipinski definition) is 6. The molecule has 4 rings (SSSR count). The van der Waals surface area contributed by atoms with E-state index in [0.717, 1.165) is 25.7 Å². The van der Waals surface area contributed by atoms with Crippen molar-refractivity contribution in [3.63, 3.8) is 0 Å². The number of amides is 2. The van der Waals surface area contributed by atoms with Crippen LogP contribution in [0.4, 0.5) is 0 Å². The Labute approximate surface area is 214 Å². The number of ether oxygens (including phenoxy) is 2. The summed E-state index contributed by atoms with van der Waals surface area (Å²) in [6.07, 6.45) is 10.2. The molecule has 0 bridgehead atoms. The van der Waals surface area contributed by atoms with Crippen LogP contribution in [-0.2, 0) is 23.9 Å². The van der Waals surface area contributed by atoms with Crippen molar-refractivity contribution in [3.8, 4) is 0 Å². The van der Waals surface area contributed by atoms with Crippen LogP contribution >= 0.6 is 0 Å². The minimum Gasteiger partial charge on any atom is -0.465 e. The zero-order valence-electron chi connectivity index (χ0n) is 22.5. The van der Waals surface area contributed by atoms with E-state index in [1.54, 1.807) is 6.92 Å². The lowest BCUT2D eigenvalue weighted by Crippen LogP contribution is -2.61. The normalized spacial score (nSPS) is 35.0. The van der Waals surface area contributed by atoms with Gasteiger partial charge in [-0.05, 0) is 51.9 Å². The van der Waals surface area contributed by atoms with Gasteiger partial charge < -0.3 is 24.4 Å². The summed E-state index contributed by atoms with van der Waals surface area (Å²) in [7, 11) is 0. The molecule has 36 heavy (non-hydrogen) atoms. The molecule has 0 aromatic rings. The number of likely N-dealkylation sites (tertiary alicyclic amines) is 1. The Morgan fingerprint density at radius 1 is 1.11 bits per heavy atom. The smallest absolute Gasteiger partial charge is 0.312 e. The van der Waals surface area contributed by atoms with Crippen LogP contribution in [0.15, 0.2) is 24.3 Å². The minimum atomic E-state index is -1.31. The maximum absolute atomic E-state index is 14.4. The zero-order valence-corrected chi connectivity index (χ0v) is 22.5. The van der Waals surface area contributed by atoms with E-state index >= 15 is 0 Å². The van der Waals surface area contributed by atoms with Crippen LogP contribution in [-0.4, -0.2) is 81.8 Å². The van der Waals surface area contributed by atoms with Gasteiger partial charge in [-0.2, -0.15) is 0 Å². The Kier molecular flexibility index (Phi) is 7.16. The van der Waals surface area contributed by atoms with Gasteiger partial charge in [0, 0.05) is 12.1 Å². The number of rotatable bonds is 4. The molecule has 8 heteroatoms. The van der Waals surface area contributed by atoms with Gasteiger partial charge in [0.05, 0.1) is 31.3 Å². The highest BCUT2D eigenvalue weighted by atomic mass is 16.6. The quantitative estimate of drug-likeness (QED) is 0.469. The lowest BCUT2D eigenvalue weighted by Gasteiger charge is -2.45. The van der Waals surface area contributed by atoms with Gasteiger partial charge in [-0.15, -0.1) is 0 Å². The van der Waals surface area contributed by atoms with Crippen molar-refractivity contribution >= 4 is 17.8 Å². The number of hydrogen-bond donors (Lipinski definition) is 1. The van der Waals surface area contributed by atoms with Crippen LogP contribution in [0, 0.1) is 17.3 Å². The van der Waals surface area contributed by atoms with E-state index in [4.69, 9.17) is 9.47 Å². The number of aliphatic hydroxyl groups excluding tert-OH is 1. The molecule has 1 spiro atoms. The predicted octanol–water partition coefficient (Wildman–Crippen LogP) is 2.84. The summed E-state index contributed by atoms with van der Waals surface area (Å²) in [5.74, 6) is -2.77. The van der Waals surface area contributed by atoms with Crippen LogP contribution < -0.4 is 0 Å². The maximum atomic E-state index is 14.4. The standard InChI is InChI=1S/C28H42N2O6/c1-18(16-31)30-22-24(33)29(27(5,6)17-26(2,3)4)14-11-13-28(22)21(23(30)32)20-19(36-28)12-9-7-8-10-15-35-25(20)34/h9,11-13,18-22,31H,7-8,10,14-17H2,1-6H3/b12-9-/t18-,19-,20+,21+,22?,28+/m1/s1. The molecule has 1 unspecified atom stereocenters. The van der Waals surface area contributed by atoms with Crippen molar-refractivity contribution in [2.75, 3.05) is 19.8 Å². The molecular weight excluding hydrogens is 460 g/mol. The van der Waals surface area contributed by atoms with E-state index < -0.39 is 47.1 Å². The fraction of sp³-hybridized carbons (Fsp3) is 0.750. The third-order valence-corrected chi connectivity index (χ3v) is 7.97. The monoisotopic (exact) mass is 502 g/mol. The van der Waals surface area contributed by atoms with Gasteiger partial charge in [-0.3, -0.25) is 14.4 Å². The number of carbonyl (C=O) groups excluding carboxylic acids is 3. The molecule has 0 aromatic carbocycles. The van der Waals surface area contributed by atoms with Crippen LogP contribution in [0.3, 0.4) is 0 Å². The average Bonchev–Trinajstić information content (AvgIpc) is 3.16. The second-order valence-corrected chi connectivity index (χ2v) is 12.6. The van der Waals surface area contributed by atoms with Gasteiger partial charge in [-0.1, -0.05) is 45.1 Å². The van der Waals surface area contributed by atoms with Crippen LogP contribution in [0.1, 0.15) is 67.2 Å². The topological polar surface area (TPSA) is 96.4 Å². The molecule has 0 aromatic heterocycles. The molecule has 0 radical (unpaired) electrons. The van der Waals surface area contributed by atoms with Crippen molar-refractivity contribution < 1.29 is 29.0 Å². The summed E-state index contributed by atoms with van der Waals surface area (Å²) in [5, 5.41) is 10.1. The Bertz CT molecular complexity index is 950. The molecule has 0 aliphatic carbocycles. The van der Waals surface area contributed by atoms with E-state index in [-0.39, 0.29) is 23.8 Å². The molecule has 6 atom stereocenters. The fourth-order valence-corrected chi connectivity index (χ4v) is 6.86. The highest BCUT2D eigenvalue weighted by Crippen LogP contribution is 2.54. The first-order valence-electron chi connectivity index (χ1n) is 13.3. The molecule has 2 amide bonds. The summed E-state index contributed by atoms with van der Waals surface area (Å²) < 4.78 is 12.2. The van der Waals surface area contributed by atoms with E-state index in [1.165, 1.54) is 4.90 Å². The highest BCUT2D eigenvalue weighted by Gasteiger charge is 2.72. The Hall–Kier alpha value is -2.19.